The minimum absolute atomic E-state index is 0.0521. The van der Waals surface area contributed by atoms with Gasteiger partial charge in [-0.1, -0.05) is 72.8 Å². The smallest absolute Gasteiger partial charge is 0.270 e. The highest BCUT2D eigenvalue weighted by molar-refractivity contribution is 6.18. The molecule has 3 aliphatic heterocycles. The summed E-state index contributed by atoms with van der Waals surface area (Å²) in [6, 6.07) is 25.0. The molecule has 3 heterocycles. The number of nitrogens with zero attached hydrogens (tertiary/aromatic N) is 2. The zero-order chi connectivity index (χ0) is 29.9. The molecule has 0 aromatic heterocycles. The van der Waals surface area contributed by atoms with Gasteiger partial charge < -0.3 is 15.0 Å². The van der Waals surface area contributed by atoms with Crippen LogP contribution in [-0.2, 0) is 10.2 Å². The van der Waals surface area contributed by atoms with Gasteiger partial charge in [0.2, 0.25) is 5.91 Å². The second kappa shape index (κ2) is 9.77. The SMILES string of the molecule is COc1cccc(C(=O)[C@@H]2[C@H](C(=O)c3cccc([N+](=O)[O-])c3)[C@@]3(C(=O)Nc4ccccc43)[C@H]3C=Cc4ccccc4N23)c1. The number of ketones is 2. The number of amides is 1. The van der Waals surface area contributed by atoms with Crippen LogP contribution in [0.3, 0.4) is 0 Å². The highest BCUT2D eigenvalue weighted by Gasteiger charge is 2.70. The Morgan fingerprint density at radius 3 is 2.42 bits per heavy atom. The van der Waals surface area contributed by atoms with Crippen LogP contribution in [0.1, 0.15) is 31.8 Å². The number of nitro groups is 1. The Balaban J connectivity index is 1.53. The quantitative estimate of drug-likeness (QED) is 0.185. The highest BCUT2D eigenvalue weighted by Crippen LogP contribution is 2.58. The van der Waals surface area contributed by atoms with E-state index in [2.05, 4.69) is 5.32 Å². The number of methoxy groups -OCH3 is 1. The minimum Gasteiger partial charge on any atom is -0.497 e. The van der Waals surface area contributed by atoms with Crippen molar-refractivity contribution in [3.63, 3.8) is 0 Å². The molecule has 1 fully saturated rings. The lowest BCUT2D eigenvalue weighted by Crippen LogP contribution is -2.51. The van der Waals surface area contributed by atoms with Gasteiger partial charge >= 0.3 is 0 Å². The van der Waals surface area contributed by atoms with Crippen LogP contribution < -0.4 is 15.0 Å². The second-order valence-corrected chi connectivity index (χ2v) is 10.8. The summed E-state index contributed by atoms with van der Waals surface area (Å²) < 4.78 is 5.39. The van der Waals surface area contributed by atoms with Crippen LogP contribution in [0, 0.1) is 16.0 Å². The molecule has 1 spiro atoms. The standard InChI is InChI=1S/C34H25N3O6/c1-43-24-12-7-10-22(19-24)32(39)30-29(31(38)21-9-6-11-23(18-21)37(41)42)34(25-13-3-4-14-26(25)35-33(34)40)28-17-16-20-8-2-5-15-27(20)36(28)30/h2-19,28-30H,1H3,(H,35,40)/t28-,29-,30+,34+/m1/s1. The molecule has 0 radical (unpaired) electrons. The molecule has 0 bridgehead atoms. The predicted octanol–water partition coefficient (Wildman–Crippen LogP) is 5.46. The highest BCUT2D eigenvalue weighted by atomic mass is 16.6. The number of nitro benzene ring substituents is 1. The Hall–Kier alpha value is -5.57. The molecule has 9 nitrogen and oxygen atoms in total. The number of carbonyl (C=O) groups excluding carboxylic acids is 3. The number of nitrogens with one attached hydrogen (secondary N) is 1. The number of hydrogen-bond donors (Lipinski definition) is 1. The van der Waals surface area contributed by atoms with Crippen LogP contribution in [0.25, 0.3) is 6.08 Å². The van der Waals surface area contributed by atoms with E-state index in [0.717, 1.165) is 5.56 Å². The first kappa shape index (κ1) is 26.3. The summed E-state index contributed by atoms with van der Waals surface area (Å²) in [6.45, 7) is 0. The molecule has 43 heavy (non-hydrogen) atoms. The van der Waals surface area contributed by atoms with Crippen molar-refractivity contribution in [1.82, 2.24) is 0 Å². The molecular formula is C34H25N3O6. The predicted molar refractivity (Wildman–Crippen MR) is 161 cm³/mol. The van der Waals surface area contributed by atoms with Crippen LogP contribution in [-0.4, -0.2) is 41.6 Å². The maximum atomic E-state index is 14.8. The number of non-ortho nitro benzene ring substituents is 1. The maximum Gasteiger partial charge on any atom is 0.270 e. The van der Waals surface area contributed by atoms with Crippen molar-refractivity contribution >= 4 is 40.6 Å². The maximum absolute atomic E-state index is 14.8. The summed E-state index contributed by atoms with van der Waals surface area (Å²) in [5.74, 6) is -2.07. The first-order valence-corrected chi connectivity index (χ1v) is 13.8. The fourth-order valence-corrected chi connectivity index (χ4v) is 7.02. The van der Waals surface area contributed by atoms with Crippen LogP contribution in [0.15, 0.2) is 103 Å². The van der Waals surface area contributed by atoms with Crippen molar-refractivity contribution in [3.8, 4) is 5.75 Å². The van der Waals surface area contributed by atoms with E-state index in [1.807, 2.05) is 47.4 Å². The van der Waals surface area contributed by atoms with E-state index in [0.29, 0.717) is 28.3 Å². The summed E-state index contributed by atoms with van der Waals surface area (Å²) in [6.07, 6.45) is 3.80. The van der Waals surface area contributed by atoms with Gasteiger partial charge in [0.25, 0.3) is 5.69 Å². The number of hydrogen-bond acceptors (Lipinski definition) is 7. The van der Waals surface area contributed by atoms with Crippen molar-refractivity contribution in [3.05, 3.63) is 136 Å². The van der Waals surface area contributed by atoms with Crippen molar-refractivity contribution < 1.29 is 24.0 Å². The molecule has 0 unspecified atom stereocenters. The number of para-hydroxylation sites is 2. The van der Waals surface area contributed by atoms with Crippen molar-refractivity contribution in [1.29, 1.82) is 0 Å². The van der Waals surface area contributed by atoms with E-state index in [4.69, 9.17) is 4.74 Å². The molecule has 1 saturated heterocycles. The largest absolute Gasteiger partial charge is 0.497 e. The van der Waals surface area contributed by atoms with Gasteiger partial charge in [-0.2, -0.15) is 0 Å². The first-order valence-electron chi connectivity index (χ1n) is 13.8. The Kier molecular flexibility index (Phi) is 5.98. The monoisotopic (exact) mass is 571 g/mol. The number of fused-ring (bicyclic) bond motifs is 6. The topological polar surface area (TPSA) is 119 Å². The summed E-state index contributed by atoms with van der Waals surface area (Å²) in [4.78, 5) is 57.0. The average Bonchev–Trinajstić information content (AvgIpc) is 3.52. The molecule has 4 aromatic carbocycles. The molecule has 212 valence electrons. The van der Waals surface area contributed by atoms with Gasteiger partial charge in [-0.05, 0) is 35.4 Å². The lowest BCUT2D eigenvalue weighted by Gasteiger charge is -2.37. The number of carbonyl (C=O) groups is 3. The Labute approximate surface area is 246 Å². The Bertz CT molecular complexity index is 1880. The Morgan fingerprint density at radius 2 is 1.63 bits per heavy atom. The summed E-state index contributed by atoms with van der Waals surface area (Å²) in [5, 5.41) is 14.6. The van der Waals surface area contributed by atoms with Crippen LogP contribution >= 0.6 is 0 Å². The van der Waals surface area contributed by atoms with Crippen molar-refractivity contribution in [2.24, 2.45) is 5.92 Å². The van der Waals surface area contributed by atoms with Crippen molar-refractivity contribution in [2.75, 3.05) is 17.3 Å². The fourth-order valence-electron chi connectivity index (χ4n) is 7.02. The van der Waals surface area contributed by atoms with Gasteiger partial charge in [-0.3, -0.25) is 24.5 Å². The van der Waals surface area contributed by atoms with Gasteiger partial charge in [0, 0.05) is 34.6 Å². The number of Topliss-reactive ketones (excluding diaryl/α,β-unsaturated/α-hetero) is 2. The van der Waals surface area contributed by atoms with E-state index in [-0.39, 0.29) is 17.0 Å². The molecule has 0 saturated carbocycles. The lowest BCUT2D eigenvalue weighted by molar-refractivity contribution is -0.384. The van der Waals surface area contributed by atoms with Crippen LogP contribution in [0.2, 0.25) is 0 Å². The molecule has 0 aliphatic carbocycles. The van der Waals surface area contributed by atoms with Gasteiger partial charge in [0.1, 0.15) is 17.2 Å². The third-order valence-electron chi connectivity index (χ3n) is 8.79. The molecule has 4 atom stereocenters. The summed E-state index contributed by atoms with van der Waals surface area (Å²) >= 11 is 0. The fraction of sp³-hybridized carbons (Fsp3) is 0.147. The number of anilines is 2. The second-order valence-electron chi connectivity index (χ2n) is 10.8. The molecular weight excluding hydrogens is 546 g/mol. The molecule has 1 N–H and O–H groups in total. The first-order chi connectivity index (χ1) is 20.9. The average molecular weight is 572 g/mol. The van der Waals surface area contributed by atoms with Crippen LogP contribution in [0.4, 0.5) is 17.1 Å². The number of rotatable bonds is 6. The number of benzene rings is 4. The summed E-state index contributed by atoms with van der Waals surface area (Å²) in [5.41, 5.74) is 1.31. The van der Waals surface area contributed by atoms with E-state index in [1.54, 1.807) is 42.5 Å². The minimum atomic E-state index is -1.51. The van der Waals surface area contributed by atoms with Crippen molar-refractivity contribution in [2.45, 2.75) is 17.5 Å². The van der Waals surface area contributed by atoms with Gasteiger partial charge in [0.15, 0.2) is 11.6 Å². The molecule has 4 aromatic rings. The molecule has 7 rings (SSSR count). The van der Waals surface area contributed by atoms with Gasteiger partial charge in [-0.15, -0.1) is 0 Å². The van der Waals surface area contributed by atoms with E-state index in [9.17, 15) is 24.5 Å². The summed E-state index contributed by atoms with van der Waals surface area (Å²) in [7, 11) is 1.50. The zero-order valence-electron chi connectivity index (χ0n) is 23.0. The van der Waals surface area contributed by atoms with Crippen LogP contribution in [0.5, 0.6) is 5.75 Å². The van der Waals surface area contributed by atoms with E-state index in [1.165, 1.54) is 31.4 Å². The van der Waals surface area contributed by atoms with E-state index >= 15 is 0 Å². The third-order valence-corrected chi connectivity index (χ3v) is 8.79. The third kappa shape index (κ3) is 3.74. The van der Waals surface area contributed by atoms with Gasteiger partial charge in [0.05, 0.1) is 24.0 Å². The van der Waals surface area contributed by atoms with E-state index < -0.39 is 40.0 Å². The zero-order valence-corrected chi connectivity index (χ0v) is 23.0. The molecule has 3 aliphatic rings. The Morgan fingerprint density at radius 1 is 0.907 bits per heavy atom. The van der Waals surface area contributed by atoms with Gasteiger partial charge in [-0.25, -0.2) is 0 Å². The molecule has 1 amide bonds. The normalized spacial score (nSPS) is 22.9. The molecule has 9 heteroatoms. The number of ether oxygens (including phenoxy) is 1. The lowest BCUT2D eigenvalue weighted by atomic mass is 9.64.